The smallest absolute Gasteiger partial charge is 0.319 e. The maximum atomic E-state index is 12.0. The number of nitrogens with one attached hydrogen (secondary N) is 3. The monoisotopic (exact) mass is 336 g/mol. The Bertz CT molecular complexity index is 826. The number of hydrogen-bond acceptors (Lipinski definition) is 4. The van der Waals surface area contributed by atoms with Gasteiger partial charge >= 0.3 is 6.03 Å². The van der Waals surface area contributed by atoms with Gasteiger partial charge in [-0.05, 0) is 17.7 Å². The third-order valence-corrected chi connectivity index (χ3v) is 3.59. The molecule has 0 bridgehead atoms. The minimum atomic E-state index is -0.308. The van der Waals surface area contributed by atoms with E-state index in [0.717, 1.165) is 17.1 Å². The Balaban J connectivity index is 1.53. The van der Waals surface area contributed by atoms with Crippen molar-refractivity contribution in [3.8, 4) is 11.3 Å². The first-order valence-electron chi connectivity index (χ1n) is 7.89. The largest absolute Gasteiger partial charge is 0.363 e. The summed E-state index contributed by atoms with van der Waals surface area (Å²) in [5.41, 5.74) is 2.60. The van der Waals surface area contributed by atoms with Gasteiger partial charge in [-0.15, -0.1) is 0 Å². The lowest BCUT2D eigenvalue weighted by Crippen LogP contribution is -2.28. The molecule has 0 unspecified atom stereocenters. The Labute approximate surface area is 146 Å². The zero-order valence-electron chi connectivity index (χ0n) is 14.2. The van der Waals surface area contributed by atoms with E-state index in [-0.39, 0.29) is 6.03 Å². The number of carbonyl (C=O) groups excluding carboxylic acids is 1. The first-order chi connectivity index (χ1) is 12.1. The normalized spacial score (nSPS) is 10.3. The third-order valence-electron chi connectivity index (χ3n) is 3.59. The summed E-state index contributed by atoms with van der Waals surface area (Å²) in [6, 6.07) is 13.2. The maximum absolute atomic E-state index is 12.0. The van der Waals surface area contributed by atoms with E-state index in [1.54, 1.807) is 12.4 Å². The highest BCUT2D eigenvalue weighted by Gasteiger charge is 2.06. The molecule has 0 saturated carbocycles. The van der Waals surface area contributed by atoms with Gasteiger partial charge in [0.25, 0.3) is 0 Å². The molecular weight excluding hydrogens is 316 g/mol. The van der Waals surface area contributed by atoms with Crippen LogP contribution in [0.3, 0.4) is 0 Å². The van der Waals surface area contributed by atoms with E-state index in [1.165, 1.54) is 0 Å². The van der Waals surface area contributed by atoms with Crippen LogP contribution >= 0.6 is 0 Å². The fourth-order valence-electron chi connectivity index (χ4n) is 2.28. The van der Waals surface area contributed by atoms with E-state index >= 15 is 0 Å². The summed E-state index contributed by atoms with van der Waals surface area (Å²) in [5.74, 6) is 1.52. The van der Waals surface area contributed by atoms with Crippen LogP contribution in [-0.4, -0.2) is 35.1 Å². The summed E-state index contributed by atoms with van der Waals surface area (Å²) < 4.78 is 0. The van der Waals surface area contributed by atoms with Gasteiger partial charge in [-0.2, -0.15) is 0 Å². The van der Waals surface area contributed by atoms with Gasteiger partial charge in [-0.3, -0.25) is 0 Å². The predicted octanol–water partition coefficient (Wildman–Crippen LogP) is 2.86. The van der Waals surface area contributed by atoms with E-state index in [1.807, 2.05) is 61.5 Å². The highest BCUT2D eigenvalue weighted by Crippen LogP contribution is 2.16. The summed E-state index contributed by atoms with van der Waals surface area (Å²) in [5, 5.41) is 5.51. The molecule has 0 saturated heterocycles. The number of imidazole rings is 1. The summed E-state index contributed by atoms with van der Waals surface area (Å²) >= 11 is 0. The number of aromatic nitrogens is 3. The Morgan fingerprint density at radius 1 is 1.08 bits per heavy atom. The number of anilines is 2. The molecule has 7 nitrogen and oxygen atoms in total. The van der Waals surface area contributed by atoms with Gasteiger partial charge in [0.1, 0.15) is 11.6 Å². The molecule has 2 aromatic heterocycles. The average Bonchev–Trinajstić information content (AvgIpc) is 3.10. The van der Waals surface area contributed by atoms with Crippen LogP contribution in [-0.2, 0) is 6.54 Å². The second kappa shape index (κ2) is 7.48. The van der Waals surface area contributed by atoms with Gasteiger partial charge in [0.2, 0.25) is 0 Å². The molecule has 2 amide bonds. The molecule has 3 aromatic rings. The molecule has 25 heavy (non-hydrogen) atoms. The lowest BCUT2D eigenvalue weighted by Gasteiger charge is -2.11. The second-order valence-electron chi connectivity index (χ2n) is 5.72. The van der Waals surface area contributed by atoms with E-state index in [2.05, 4.69) is 25.6 Å². The van der Waals surface area contributed by atoms with Crippen molar-refractivity contribution in [2.45, 2.75) is 6.54 Å². The molecule has 7 heteroatoms. The van der Waals surface area contributed by atoms with Gasteiger partial charge in [-0.25, -0.2) is 14.8 Å². The van der Waals surface area contributed by atoms with Crippen molar-refractivity contribution in [1.82, 2.24) is 20.3 Å². The van der Waals surface area contributed by atoms with Gasteiger partial charge in [-0.1, -0.05) is 30.3 Å². The third kappa shape index (κ3) is 4.35. The fourth-order valence-corrected chi connectivity index (χ4v) is 2.28. The van der Waals surface area contributed by atoms with Crippen LogP contribution in [0, 0.1) is 0 Å². The first kappa shape index (κ1) is 16.5. The number of rotatable bonds is 5. The van der Waals surface area contributed by atoms with Gasteiger partial charge in [0, 0.05) is 14.1 Å². The number of nitrogens with zero attached hydrogens (tertiary/aromatic N) is 3. The number of hydrogen-bond donors (Lipinski definition) is 3. The summed E-state index contributed by atoms with van der Waals surface area (Å²) in [6.45, 7) is 0.307. The number of pyridine rings is 1. The van der Waals surface area contributed by atoms with Crippen molar-refractivity contribution in [2.24, 2.45) is 0 Å². The molecule has 128 valence electrons. The molecule has 0 aliphatic carbocycles. The number of aromatic amines is 1. The summed E-state index contributed by atoms with van der Waals surface area (Å²) in [7, 11) is 3.82. The lowest BCUT2D eigenvalue weighted by molar-refractivity contribution is 0.251. The molecule has 3 N–H and O–H groups in total. The SMILES string of the molecule is CN(C)c1ccc(NC(=O)NCc2ncc(-c3ccccc3)[nH]2)cn1. The number of benzene rings is 1. The predicted molar refractivity (Wildman–Crippen MR) is 98.4 cm³/mol. The zero-order valence-corrected chi connectivity index (χ0v) is 14.2. The minimum Gasteiger partial charge on any atom is -0.363 e. The van der Waals surface area contributed by atoms with Crippen LogP contribution in [0.4, 0.5) is 16.3 Å². The Morgan fingerprint density at radius 2 is 1.88 bits per heavy atom. The van der Waals surface area contributed by atoms with E-state index in [0.29, 0.717) is 18.1 Å². The molecule has 0 aliphatic rings. The molecule has 0 atom stereocenters. The number of urea groups is 1. The first-order valence-corrected chi connectivity index (χ1v) is 7.89. The van der Waals surface area contributed by atoms with Crippen molar-refractivity contribution in [3.63, 3.8) is 0 Å². The highest BCUT2D eigenvalue weighted by atomic mass is 16.2. The van der Waals surface area contributed by atoms with Gasteiger partial charge in [0.15, 0.2) is 0 Å². The van der Waals surface area contributed by atoms with Crippen LogP contribution < -0.4 is 15.5 Å². The molecule has 0 aliphatic heterocycles. The molecule has 1 aromatic carbocycles. The van der Waals surface area contributed by atoms with E-state index in [9.17, 15) is 4.79 Å². The Morgan fingerprint density at radius 3 is 2.56 bits per heavy atom. The average molecular weight is 336 g/mol. The summed E-state index contributed by atoms with van der Waals surface area (Å²) in [6.07, 6.45) is 3.38. The van der Waals surface area contributed by atoms with Crippen molar-refractivity contribution in [1.29, 1.82) is 0 Å². The summed E-state index contributed by atoms with van der Waals surface area (Å²) in [4.78, 5) is 25.6. The van der Waals surface area contributed by atoms with Crippen molar-refractivity contribution in [2.75, 3.05) is 24.3 Å². The number of carbonyl (C=O) groups is 1. The standard InChI is InChI=1S/C18H20N6O/c1-24(2)17-9-8-14(10-20-17)22-18(25)21-12-16-19-11-15(23-16)13-6-4-3-5-7-13/h3-11H,12H2,1-2H3,(H,19,23)(H2,21,22,25). The topological polar surface area (TPSA) is 85.9 Å². The van der Waals surface area contributed by atoms with Crippen LogP contribution in [0.5, 0.6) is 0 Å². The van der Waals surface area contributed by atoms with E-state index in [4.69, 9.17) is 0 Å². The number of H-pyrrole nitrogens is 1. The molecular formula is C18H20N6O. The fraction of sp³-hybridized carbons (Fsp3) is 0.167. The number of amides is 2. The molecule has 0 spiro atoms. The maximum Gasteiger partial charge on any atom is 0.319 e. The molecule has 3 rings (SSSR count). The van der Waals surface area contributed by atoms with Gasteiger partial charge in [0.05, 0.1) is 30.3 Å². The van der Waals surface area contributed by atoms with Crippen LogP contribution in [0.15, 0.2) is 54.9 Å². The molecule has 0 radical (unpaired) electrons. The minimum absolute atomic E-state index is 0.307. The quantitative estimate of drug-likeness (QED) is 0.669. The highest BCUT2D eigenvalue weighted by molar-refractivity contribution is 5.89. The van der Waals surface area contributed by atoms with Crippen molar-refractivity contribution in [3.05, 3.63) is 60.7 Å². The lowest BCUT2D eigenvalue weighted by atomic mass is 10.2. The van der Waals surface area contributed by atoms with Gasteiger partial charge < -0.3 is 20.5 Å². The van der Waals surface area contributed by atoms with Crippen LogP contribution in [0.1, 0.15) is 5.82 Å². The molecule has 0 fully saturated rings. The Hall–Kier alpha value is -3.35. The van der Waals surface area contributed by atoms with Crippen LogP contribution in [0.25, 0.3) is 11.3 Å². The van der Waals surface area contributed by atoms with Crippen molar-refractivity contribution >= 4 is 17.5 Å². The van der Waals surface area contributed by atoms with Crippen molar-refractivity contribution < 1.29 is 4.79 Å². The zero-order chi connectivity index (χ0) is 17.6. The molecule has 2 heterocycles. The Kier molecular flexibility index (Phi) is 4.94. The van der Waals surface area contributed by atoms with E-state index < -0.39 is 0 Å². The second-order valence-corrected chi connectivity index (χ2v) is 5.72. The van der Waals surface area contributed by atoms with Crippen LogP contribution in [0.2, 0.25) is 0 Å².